The molecule has 1 aliphatic rings. The van der Waals surface area contributed by atoms with Gasteiger partial charge in [-0.05, 0) is 70.2 Å². The largest absolute Gasteiger partial charge is 0.492 e. The van der Waals surface area contributed by atoms with Gasteiger partial charge in [0.2, 0.25) is 0 Å². The number of hydrogen-bond donors (Lipinski definition) is 1. The third kappa shape index (κ3) is 7.76. The van der Waals surface area contributed by atoms with Gasteiger partial charge in [0, 0.05) is 54.9 Å². The number of carbonyl (C=O) groups is 1. The zero-order chi connectivity index (χ0) is 29.8. The fraction of sp³-hybridized carbons (Fsp3) is 0.485. The van der Waals surface area contributed by atoms with E-state index in [2.05, 4.69) is 28.6 Å². The van der Waals surface area contributed by atoms with Gasteiger partial charge in [0.15, 0.2) is 6.10 Å². The van der Waals surface area contributed by atoms with Crippen LogP contribution >= 0.6 is 0 Å². The van der Waals surface area contributed by atoms with Crippen molar-refractivity contribution >= 4 is 17.5 Å². The van der Waals surface area contributed by atoms with E-state index in [0.717, 1.165) is 54.3 Å². The van der Waals surface area contributed by atoms with Crippen LogP contribution in [0.1, 0.15) is 64.8 Å². The molecule has 0 radical (unpaired) electrons. The van der Waals surface area contributed by atoms with E-state index in [0.29, 0.717) is 24.4 Å². The van der Waals surface area contributed by atoms with E-state index in [9.17, 15) is 9.90 Å². The Morgan fingerprint density at radius 2 is 1.76 bits per heavy atom. The van der Waals surface area contributed by atoms with Crippen LogP contribution in [0.2, 0.25) is 0 Å². The summed E-state index contributed by atoms with van der Waals surface area (Å²) in [4.78, 5) is 26.4. The van der Waals surface area contributed by atoms with E-state index in [1.165, 1.54) is 0 Å². The lowest BCUT2D eigenvalue weighted by Gasteiger charge is -2.41. The molecule has 1 aliphatic heterocycles. The summed E-state index contributed by atoms with van der Waals surface area (Å²) in [6, 6.07) is 13.8. The third-order valence-electron chi connectivity index (χ3n) is 7.57. The van der Waals surface area contributed by atoms with Crippen LogP contribution in [0.4, 0.5) is 11.5 Å². The van der Waals surface area contributed by atoms with Crippen molar-refractivity contribution in [1.29, 1.82) is 0 Å². The predicted molar refractivity (Wildman–Crippen MR) is 164 cm³/mol. The Hall–Kier alpha value is -3.65. The molecule has 0 aliphatic carbocycles. The lowest BCUT2D eigenvalue weighted by Crippen LogP contribution is -2.39. The molecule has 1 atom stereocenters. The van der Waals surface area contributed by atoms with Crippen molar-refractivity contribution in [3.05, 3.63) is 66.1 Å². The molecule has 1 N–H and O–H groups in total. The summed E-state index contributed by atoms with van der Waals surface area (Å²) in [7, 11) is 1.99. The second-order valence-corrected chi connectivity index (χ2v) is 12.6. The quantitative estimate of drug-likeness (QED) is 0.299. The van der Waals surface area contributed by atoms with Crippen molar-refractivity contribution in [2.45, 2.75) is 66.1 Å². The molecule has 3 aromatic rings. The number of rotatable bonds is 10. The van der Waals surface area contributed by atoms with Crippen LogP contribution in [0.25, 0.3) is 11.1 Å². The maximum atomic E-state index is 12.6. The molecular weight excluding hydrogens is 516 g/mol. The number of ether oxygens (including phenoxy) is 2. The topological polar surface area (TPSA) is 88.0 Å². The fourth-order valence-corrected chi connectivity index (χ4v) is 5.10. The Balaban J connectivity index is 1.67. The summed E-state index contributed by atoms with van der Waals surface area (Å²) in [6.45, 7) is 14.9. The van der Waals surface area contributed by atoms with Gasteiger partial charge in [-0.25, -0.2) is 9.78 Å². The summed E-state index contributed by atoms with van der Waals surface area (Å²) in [5.74, 6) is 0.649. The van der Waals surface area contributed by atoms with Crippen LogP contribution in [0.15, 0.2) is 54.9 Å². The van der Waals surface area contributed by atoms with Crippen molar-refractivity contribution in [2.24, 2.45) is 5.41 Å². The molecule has 220 valence electrons. The van der Waals surface area contributed by atoms with Crippen LogP contribution in [-0.4, -0.2) is 59.9 Å². The van der Waals surface area contributed by atoms with E-state index >= 15 is 0 Å². The van der Waals surface area contributed by atoms with E-state index in [1.54, 1.807) is 0 Å². The number of benzene rings is 1. The maximum absolute atomic E-state index is 12.6. The summed E-state index contributed by atoms with van der Waals surface area (Å²) < 4.78 is 12.0. The second kappa shape index (κ2) is 12.5. The number of anilines is 2. The number of likely N-dealkylation sites (N-methyl/N-ethyl adjacent to an activating group) is 1. The molecule has 0 amide bonds. The van der Waals surface area contributed by atoms with E-state index in [4.69, 9.17) is 14.5 Å². The van der Waals surface area contributed by atoms with Crippen molar-refractivity contribution in [2.75, 3.05) is 43.1 Å². The van der Waals surface area contributed by atoms with Gasteiger partial charge in [-0.3, -0.25) is 4.98 Å². The van der Waals surface area contributed by atoms with Crippen LogP contribution in [0.5, 0.6) is 5.75 Å². The Labute approximate surface area is 244 Å². The van der Waals surface area contributed by atoms with Crippen molar-refractivity contribution in [3.8, 4) is 16.9 Å². The van der Waals surface area contributed by atoms with Gasteiger partial charge < -0.3 is 24.4 Å². The smallest absolute Gasteiger partial charge is 0.337 e. The highest BCUT2D eigenvalue weighted by Gasteiger charge is 2.35. The Morgan fingerprint density at radius 1 is 1.07 bits per heavy atom. The number of aliphatic carboxylic acids is 1. The van der Waals surface area contributed by atoms with Gasteiger partial charge in [0.1, 0.15) is 18.2 Å². The molecular formula is C33H44N4O4. The molecule has 8 heteroatoms. The Bertz CT molecular complexity index is 1310. The number of para-hydroxylation sites is 1. The molecule has 0 unspecified atom stereocenters. The van der Waals surface area contributed by atoms with Crippen LogP contribution in [0.3, 0.4) is 0 Å². The van der Waals surface area contributed by atoms with Gasteiger partial charge >= 0.3 is 5.97 Å². The first-order valence-corrected chi connectivity index (χ1v) is 14.4. The highest BCUT2D eigenvalue weighted by molar-refractivity contribution is 5.86. The Morgan fingerprint density at radius 3 is 2.34 bits per heavy atom. The maximum Gasteiger partial charge on any atom is 0.337 e. The number of hydrogen-bond acceptors (Lipinski definition) is 7. The van der Waals surface area contributed by atoms with E-state index in [-0.39, 0.29) is 5.41 Å². The molecule has 0 spiro atoms. The zero-order valence-electron chi connectivity index (χ0n) is 25.5. The zero-order valence-corrected chi connectivity index (χ0v) is 25.5. The van der Waals surface area contributed by atoms with Gasteiger partial charge in [0.25, 0.3) is 0 Å². The van der Waals surface area contributed by atoms with E-state index in [1.807, 2.05) is 89.6 Å². The predicted octanol–water partition coefficient (Wildman–Crippen LogP) is 6.53. The average molecular weight is 561 g/mol. The van der Waals surface area contributed by atoms with Gasteiger partial charge in [-0.1, -0.05) is 32.0 Å². The monoisotopic (exact) mass is 560 g/mol. The van der Waals surface area contributed by atoms with Crippen LogP contribution < -0.4 is 14.5 Å². The third-order valence-corrected chi connectivity index (χ3v) is 7.57. The van der Waals surface area contributed by atoms with Gasteiger partial charge in [-0.15, -0.1) is 0 Å². The van der Waals surface area contributed by atoms with Crippen molar-refractivity contribution in [1.82, 2.24) is 9.97 Å². The molecule has 1 fully saturated rings. The number of carboxylic acid groups (broad SMARTS) is 1. The first-order chi connectivity index (χ1) is 19.3. The molecule has 0 saturated carbocycles. The number of carboxylic acids is 1. The summed E-state index contributed by atoms with van der Waals surface area (Å²) in [5.41, 5.74) is 3.50. The highest BCUT2D eigenvalue weighted by Crippen LogP contribution is 2.43. The molecule has 1 aromatic carbocycles. The summed E-state index contributed by atoms with van der Waals surface area (Å²) in [5, 5.41) is 10.3. The second-order valence-electron chi connectivity index (χ2n) is 12.6. The molecule has 4 rings (SSSR count). The standard InChI is InChI=1S/C33H44N4O4/c1-23-28(30(31(38)39)41-32(2,3)4)29(37-17-15-33(5,6)16-18-37)26(22-34-23)24-13-14-27(35-21-24)36(7)19-20-40-25-11-9-8-10-12-25/h8-14,21-22,30H,15-20H2,1-7H3,(H,38,39)/t30-/m0/s1. The number of pyridine rings is 2. The number of piperidine rings is 1. The minimum absolute atomic E-state index is 0.241. The molecule has 2 aromatic heterocycles. The first-order valence-electron chi connectivity index (χ1n) is 14.4. The first kappa shape index (κ1) is 30.3. The molecule has 8 nitrogen and oxygen atoms in total. The normalized spacial score (nSPS) is 15.8. The minimum Gasteiger partial charge on any atom is -0.492 e. The minimum atomic E-state index is -1.14. The average Bonchev–Trinajstić information content (AvgIpc) is 2.92. The molecule has 3 heterocycles. The summed E-state index contributed by atoms with van der Waals surface area (Å²) >= 11 is 0. The Kier molecular flexibility index (Phi) is 9.22. The van der Waals surface area contributed by atoms with E-state index < -0.39 is 17.7 Å². The van der Waals surface area contributed by atoms with Crippen LogP contribution in [-0.2, 0) is 9.53 Å². The molecule has 1 saturated heterocycles. The van der Waals surface area contributed by atoms with Gasteiger partial charge in [0.05, 0.1) is 17.8 Å². The molecule has 41 heavy (non-hydrogen) atoms. The van der Waals surface area contributed by atoms with Crippen LogP contribution in [0, 0.1) is 12.3 Å². The lowest BCUT2D eigenvalue weighted by atomic mass is 9.82. The number of aryl methyl sites for hydroxylation is 1. The summed E-state index contributed by atoms with van der Waals surface area (Å²) in [6.07, 6.45) is 4.57. The number of aromatic nitrogens is 2. The fourth-order valence-electron chi connectivity index (χ4n) is 5.10. The van der Waals surface area contributed by atoms with Crippen molar-refractivity contribution < 1.29 is 19.4 Å². The van der Waals surface area contributed by atoms with Gasteiger partial charge in [-0.2, -0.15) is 0 Å². The SMILES string of the molecule is Cc1ncc(-c2ccc(N(C)CCOc3ccccc3)nc2)c(N2CCC(C)(C)CC2)c1[C@H](OC(C)(C)C)C(=O)O. The molecule has 0 bridgehead atoms. The van der Waals surface area contributed by atoms with Crippen molar-refractivity contribution in [3.63, 3.8) is 0 Å². The lowest BCUT2D eigenvalue weighted by molar-refractivity contribution is -0.160. The highest BCUT2D eigenvalue weighted by atomic mass is 16.5. The number of nitrogens with zero attached hydrogens (tertiary/aromatic N) is 4.